The van der Waals surface area contributed by atoms with E-state index in [1.165, 1.54) is 18.1 Å². The van der Waals surface area contributed by atoms with Gasteiger partial charge in [0.15, 0.2) is 15.5 Å². The fourth-order valence-corrected chi connectivity index (χ4v) is 4.40. The summed E-state index contributed by atoms with van der Waals surface area (Å²) < 4.78 is 22.9. The molecule has 7 nitrogen and oxygen atoms in total. The molecule has 3 heterocycles. The Morgan fingerprint density at radius 3 is 3.00 bits per heavy atom. The van der Waals surface area contributed by atoms with E-state index in [-0.39, 0.29) is 17.5 Å². The third kappa shape index (κ3) is 2.39. The molecule has 0 aromatic carbocycles. The highest BCUT2D eigenvalue weighted by atomic mass is 32.2. The van der Waals surface area contributed by atoms with Crippen molar-refractivity contribution in [3.05, 3.63) is 6.33 Å². The van der Waals surface area contributed by atoms with Crippen molar-refractivity contribution in [3.63, 3.8) is 0 Å². The maximum atomic E-state index is 11.5. The number of aromatic nitrogens is 4. The van der Waals surface area contributed by atoms with Gasteiger partial charge in [-0.3, -0.25) is 5.10 Å². The summed E-state index contributed by atoms with van der Waals surface area (Å²) in [6.45, 7) is 0. The number of aromatic amines is 1. The van der Waals surface area contributed by atoms with Crippen LogP contribution in [0.1, 0.15) is 6.42 Å². The summed E-state index contributed by atoms with van der Waals surface area (Å²) in [4.78, 5) is 8.32. The molecule has 1 aliphatic heterocycles. The minimum Gasteiger partial charge on any atom is -0.366 e. The molecule has 1 saturated heterocycles. The molecule has 0 spiro atoms. The molecule has 1 aliphatic rings. The van der Waals surface area contributed by atoms with Crippen LogP contribution in [0.15, 0.2) is 11.4 Å². The predicted molar refractivity (Wildman–Crippen MR) is 74.1 cm³/mol. The number of thioether (sulfide) groups is 1. The topological polar surface area (TPSA) is 101 Å². The first-order chi connectivity index (χ1) is 9.09. The third-order valence-corrected chi connectivity index (χ3v) is 5.54. The highest BCUT2D eigenvalue weighted by Gasteiger charge is 2.28. The summed E-state index contributed by atoms with van der Waals surface area (Å²) in [5.74, 6) is 1.04. The van der Waals surface area contributed by atoms with Crippen molar-refractivity contribution in [2.24, 2.45) is 0 Å². The second kappa shape index (κ2) is 4.64. The lowest BCUT2D eigenvalue weighted by molar-refractivity contribution is 0.602. The Morgan fingerprint density at radius 2 is 2.32 bits per heavy atom. The lowest BCUT2D eigenvalue weighted by Crippen LogP contribution is -2.21. The molecule has 19 heavy (non-hydrogen) atoms. The van der Waals surface area contributed by atoms with E-state index < -0.39 is 9.84 Å². The minimum absolute atomic E-state index is 0.0901. The van der Waals surface area contributed by atoms with Crippen LogP contribution in [0, 0.1) is 0 Å². The van der Waals surface area contributed by atoms with Crippen LogP contribution < -0.4 is 5.32 Å². The Labute approximate surface area is 114 Å². The number of hydrogen-bond acceptors (Lipinski definition) is 7. The minimum atomic E-state index is -2.91. The first-order valence-electron chi connectivity index (χ1n) is 5.79. The maximum absolute atomic E-state index is 11.5. The van der Waals surface area contributed by atoms with Crippen LogP contribution in [0.3, 0.4) is 0 Å². The van der Waals surface area contributed by atoms with Crippen LogP contribution in [0.5, 0.6) is 0 Å². The fraction of sp³-hybridized carbons (Fsp3) is 0.500. The molecule has 0 saturated carbocycles. The molecular formula is C10H13N5O2S2. The maximum Gasteiger partial charge on any atom is 0.161 e. The van der Waals surface area contributed by atoms with Gasteiger partial charge in [0, 0.05) is 6.04 Å². The van der Waals surface area contributed by atoms with Gasteiger partial charge in [-0.2, -0.15) is 5.10 Å². The van der Waals surface area contributed by atoms with Gasteiger partial charge < -0.3 is 5.32 Å². The molecule has 1 atom stereocenters. The zero-order valence-electron chi connectivity index (χ0n) is 10.3. The number of anilines is 1. The van der Waals surface area contributed by atoms with Crippen LogP contribution in [0.25, 0.3) is 11.0 Å². The normalized spacial score (nSPS) is 21.8. The van der Waals surface area contributed by atoms with E-state index in [0.717, 1.165) is 10.4 Å². The first-order valence-corrected chi connectivity index (χ1v) is 8.84. The van der Waals surface area contributed by atoms with E-state index in [9.17, 15) is 8.42 Å². The van der Waals surface area contributed by atoms with Crippen molar-refractivity contribution in [2.45, 2.75) is 17.5 Å². The Kier molecular flexibility index (Phi) is 3.09. The van der Waals surface area contributed by atoms with Gasteiger partial charge >= 0.3 is 0 Å². The standard InChI is InChI=1S/C10H13N5O2S2/c1-18-10-7-8(11-5-12-9(7)14-15-10)13-6-2-3-19(16,17)4-6/h5-6H,2-4H2,1H3,(H2,11,12,13,14,15). The molecule has 2 N–H and O–H groups in total. The predicted octanol–water partition coefficient (Wildman–Crippen LogP) is 0.674. The van der Waals surface area contributed by atoms with Crippen LogP contribution in [0.4, 0.5) is 5.82 Å². The average molecular weight is 299 g/mol. The van der Waals surface area contributed by atoms with E-state index >= 15 is 0 Å². The van der Waals surface area contributed by atoms with Crippen molar-refractivity contribution >= 4 is 38.5 Å². The summed E-state index contributed by atoms with van der Waals surface area (Å²) >= 11 is 1.50. The van der Waals surface area contributed by atoms with Gasteiger partial charge in [0.25, 0.3) is 0 Å². The van der Waals surface area contributed by atoms with Gasteiger partial charge in [0.1, 0.15) is 17.2 Å². The highest BCUT2D eigenvalue weighted by Crippen LogP contribution is 2.28. The second-order valence-electron chi connectivity index (χ2n) is 4.42. The quantitative estimate of drug-likeness (QED) is 0.803. The first kappa shape index (κ1) is 12.7. The fourth-order valence-electron chi connectivity index (χ4n) is 2.19. The monoisotopic (exact) mass is 299 g/mol. The van der Waals surface area contributed by atoms with Gasteiger partial charge in [-0.25, -0.2) is 18.4 Å². The van der Waals surface area contributed by atoms with Crippen LogP contribution in [-0.2, 0) is 9.84 Å². The van der Waals surface area contributed by atoms with Gasteiger partial charge in [-0.05, 0) is 12.7 Å². The lowest BCUT2D eigenvalue weighted by Gasteiger charge is -2.12. The molecule has 2 aromatic heterocycles. The number of hydrogen-bond donors (Lipinski definition) is 2. The number of H-pyrrole nitrogens is 1. The Morgan fingerprint density at radius 1 is 1.47 bits per heavy atom. The summed E-state index contributed by atoms with van der Waals surface area (Å²) in [5.41, 5.74) is 0.655. The Balaban J connectivity index is 1.95. The molecular weight excluding hydrogens is 286 g/mol. The summed E-state index contributed by atoms with van der Waals surface area (Å²) in [6.07, 6.45) is 3.98. The van der Waals surface area contributed by atoms with Crippen LogP contribution >= 0.6 is 11.8 Å². The number of nitrogens with one attached hydrogen (secondary N) is 2. The smallest absolute Gasteiger partial charge is 0.161 e. The number of fused-ring (bicyclic) bond motifs is 1. The second-order valence-corrected chi connectivity index (χ2v) is 7.45. The van der Waals surface area contributed by atoms with Gasteiger partial charge in [-0.1, -0.05) is 0 Å². The molecule has 1 fully saturated rings. The van der Waals surface area contributed by atoms with Crippen molar-refractivity contribution < 1.29 is 8.42 Å². The molecule has 0 bridgehead atoms. The van der Waals surface area contributed by atoms with Gasteiger partial charge in [0.2, 0.25) is 0 Å². The van der Waals surface area contributed by atoms with E-state index in [4.69, 9.17) is 0 Å². The molecule has 0 radical (unpaired) electrons. The summed E-state index contributed by atoms with van der Waals surface area (Å²) in [7, 11) is -2.91. The zero-order valence-corrected chi connectivity index (χ0v) is 11.9. The molecule has 0 aliphatic carbocycles. The van der Waals surface area contributed by atoms with E-state index in [1.807, 2.05) is 6.26 Å². The largest absolute Gasteiger partial charge is 0.366 e. The Hall–Kier alpha value is -1.35. The SMILES string of the molecule is CSc1n[nH]c2ncnc(NC3CCS(=O)(=O)C3)c12. The molecule has 102 valence electrons. The average Bonchev–Trinajstić information content (AvgIpc) is 2.93. The van der Waals surface area contributed by atoms with Crippen LogP contribution in [-0.4, -0.2) is 52.4 Å². The van der Waals surface area contributed by atoms with Gasteiger partial charge in [0.05, 0.1) is 16.9 Å². The van der Waals surface area contributed by atoms with Crippen molar-refractivity contribution in [1.82, 2.24) is 20.2 Å². The number of sulfone groups is 1. The zero-order chi connectivity index (χ0) is 13.5. The van der Waals surface area contributed by atoms with Gasteiger partial charge in [-0.15, -0.1) is 11.8 Å². The third-order valence-electron chi connectivity index (χ3n) is 3.09. The van der Waals surface area contributed by atoms with Crippen molar-refractivity contribution in [2.75, 3.05) is 23.1 Å². The van der Waals surface area contributed by atoms with Crippen LogP contribution in [0.2, 0.25) is 0 Å². The lowest BCUT2D eigenvalue weighted by atomic mass is 10.2. The molecule has 0 amide bonds. The number of nitrogens with zero attached hydrogens (tertiary/aromatic N) is 3. The van der Waals surface area contributed by atoms with E-state index in [2.05, 4.69) is 25.5 Å². The molecule has 3 rings (SSSR count). The molecule has 2 aromatic rings. The number of rotatable bonds is 3. The highest BCUT2D eigenvalue weighted by molar-refractivity contribution is 7.98. The van der Waals surface area contributed by atoms with Crippen molar-refractivity contribution in [3.8, 4) is 0 Å². The summed E-state index contributed by atoms with van der Waals surface area (Å²) in [6, 6.07) is -0.0901. The molecule has 1 unspecified atom stereocenters. The molecule has 9 heteroatoms. The Bertz CT molecular complexity index is 712. The van der Waals surface area contributed by atoms with E-state index in [1.54, 1.807) is 0 Å². The summed E-state index contributed by atoms with van der Waals surface area (Å²) in [5, 5.41) is 11.8. The van der Waals surface area contributed by atoms with Crippen molar-refractivity contribution in [1.29, 1.82) is 0 Å². The van der Waals surface area contributed by atoms with E-state index in [0.29, 0.717) is 17.9 Å².